The van der Waals surface area contributed by atoms with E-state index < -0.39 is 16.1 Å². The van der Waals surface area contributed by atoms with Crippen LogP contribution in [0, 0.1) is 12.3 Å². The van der Waals surface area contributed by atoms with Crippen LogP contribution < -0.4 is 10.6 Å². The van der Waals surface area contributed by atoms with Gasteiger partial charge in [0.2, 0.25) is 10.0 Å². The van der Waals surface area contributed by atoms with Crippen molar-refractivity contribution in [2.24, 2.45) is 0 Å². The van der Waals surface area contributed by atoms with Crippen LogP contribution in [0.4, 0.5) is 11.5 Å². The molecule has 1 atom stereocenters. The number of rotatable bonds is 3. The molecule has 1 fully saturated rings. The van der Waals surface area contributed by atoms with E-state index in [1.54, 1.807) is 30.3 Å². The van der Waals surface area contributed by atoms with E-state index in [-0.39, 0.29) is 18.1 Å². The number of nitrogens with zero attached hydrogens (tertiary/aromatic N) is 4. The second-order valence-corrected chi connectivity index (χ2v) is 7.95. The standard InChI is InChI=1S/C17H19N5O3S/c1-3-12-11-21(8-9-22(12)26(2,24)25)15-10-14(19-20-17(15)18)13-6-4-5-7-16(13)23/h1,4-7,10,12,23H,8-9,11H2,2H3,(H2,18,20)/t12-/m1/s1. The maximum atomic E-state index is 11.9. The number of phenols is 1. The maximum Gasteiger partial charge on any atom is 0.212 e. The predicted octanol–water partition coefficient (Wildman–Crippen LogP) is 0.515. The van der Waals surface area contributed by atoms with Crippen molar-refractivity contribution >= 4 is 21.5 Å². The summed E-state index contributed by atoms with van der Waals surface area (Å²) in [5.74, 6) is 2.82. The van der Waals surface area contributed by atoms with Crippen molar-refractivity contribution in [2.75, 3.05) is 36.5 Å². The second kappa shape index (κ2) is 6.82. The van der Waals surface area contributed by atoms with Crippen LogP contribution in [0.1, 0.15) is 0 Å². The SMILES string of the molecule is C#C[C@@H]1CN(c2cc(-c3ccccc3O)nnc2N)CCN1S(C)(=O)=O. The van der Waals surface area contributed by atoms with Gasteiger partial charge in [-0.1, -0.05) is 18.1 Å². The molecule has 8 nitrogen and oxygen atoms in total. The first-order chi connectivity index (χ1) is 12.3. The number of aromatic nitrogens is 2. The van der Waals surface area contributed by atoms with Crippen LogP contribution in [0.2, 0.25) is 0 Å². The highest BCUT2D eigenvalue weighted by Crippen LogP contribution is 2.32. The summed E-state index contributed by atoms with van der Waals surface area (Å²) in [6, 6.07) is 7.91. The van der Waals surface area contributed by atoms with Gasteiger partial charge in [0.15, 0.2) is 5.82 Å². The first kappa shape index (κ1) is 18.0. The molecule has 3 rings (SSSR count). The monoisotopic (exact) mass is 373 g/mol. The molecule has 26 heavy (non-hydrogen) atoms. The molecule has 2 heterocycles. The summed E-state index contributed by atoms with van der Waals surface area (Å²) in [6.07, 6.45) is 6.68. The van der Waals surface area contributed by atoms with E-state index in [0.29, 0.717) is 30.0 Å². The van der Waals surface area contributed by atoms with Crippen LogP contribution in [0.3, 0.4) is 0 Å². The average Bonchev–Trinajstić information content (AvgIpc) is 2.61. The molecule has 0 bridgehead atoms. The molecular weight excluding hydrogens is 354 g/mol. The van der Waals surface area contributed by atoms with Crippen molar-refractivity contribution in [1.29, 1.82) is 0 Å². The first-order valence-corrected chi connectivity index (χ1v) is 9.75. The van der Waals surface area contributed by atoms with E-state index in [2.05, 4.69) is 16.1 Å². The van der Waals surface area contributed by atoms with Gasteiger partial charge in [0.05, 0.1) is 17.6 Å². The molecule has 3 N–H and O–H groups in total. The molecule has 2 aromatic rings. The number of nitrogen functional groups attached to an aromatic ring is 1. The molecule has 1 aromatic heterocycles. The molecular formula is C17H19N5O3S. The molecule has 136 valence electrons. The lowest BCUT2D eigenvalue weighted by Crippen LogP contribution is -2.54. The van der Waals surface area contributed by atoms with Gasteiger partial charge in [0.25, 0.3) is 0 Å². The Morgan fingerprint density at radius 2 is 2.04 bits per heavy atom. The molecule has 1 saturated heterocycles. The maximum absolute atomic E-state index is 11.9. The number of benzene rings is 1. The molecule has 0 spiro atoms. The average molecular weight is 373 g/mol. The molecule has 0 radical (unpaired) electrons. The van der Waals surface area contributed by atoms with E-state index in [9.17, 15) is 13.5 Å². The smallest absolute Gasteiger partial charge is 0.212 e. The topological polar surface area (TPSA) is 113 Å². The lowest BCUT2D eigenvalue weighted by Gasteiger charge is -2.38. The van der Waals surface area contributed by atoms with Crippen molar-refractivity contribution in [3.63, 3.8) is 0 Å². The fraction of sp³-hybridized carbons (Fsp3) is 0.294. The Morgan fingerprint density at radius 3 is 2.69 bits per heavy atom. The molecule has 0 aliphatic carbocycles. The van der Waals surface area contributed by atoms with Crippen molar-refractivity contribution in [1.82, 2.24) is 14.5 Å². The minimum absolute atomic E-state index is 0.0842. The Bertz CT molecular complexity index is 971. The molecule has 0 amide bonds. The number of nitrogens with two attached hydrogens (primary N) is 1. The third-order valence-corrected chi connectivity index (χ3v) is 5.56. The summed E-state index contributed by atoms with van der Waals surface area (Å²) in [6.45, 7) is 0.961. The fourth-order valence-electron chi connectivity index (χ4n) is 2.98. The van der Waals surface area contributed by atoms with Crippen LogP contribution in [-0.4, -0.2) is 60.0 Å². The van der Waals surface area contributed by atoms with Gasteiger partial charge in [0.1, 0.15) is 11.8 Å². The summed E-state index contributed by atoms with van der Waals surface area (Å²) in [7, 11) is -3.39. The Morgan fingerprint density at radius 1 is 1.31 bits per heavy atom. The van der Waals surface area contributed by atoms with Crippen LogP contribution in [0.5, 0.6) is 5.75 Å². The van der Waals surface area contributed by atoms with Crippen molar-refractivity contribution < 1.29 is 13.5 Å². The summed E-state index contributed by atoms with van der Waals surface area (Å²) >= 11 is 0. The number of terminal acetylenes is 1. The van der Waals surface area contributed by atoms with E-state index in [4.69, 9.17) is 12.2 Å². The van der Waals surface area contributed by atoms with Crippen LogP contribution in [0.15, 0.2) is 30.3 Å². The summed E-state index contributed by atoms with van der Waals surface area (Å²) < 4.78 is 25.1. The van der Waals surface area contributed by atoms with Gasteiger partial charge in [-0.2, -0.15) is 4.31 Å². The molecule has 1 aliphatic heterocycles. The van der Waals surface area contributed by atoms with Gasteiger partial charge in [-0.05, 0) is 18.2 Å². The number of anilines is 2. The molecule has 1 aromatic carbocycles. The highest BCUT2D eigenvalue weighted by atomic mass is 32.2. The minimum atomic E-state index is -3.39. The number of phenolic OH excluding ortho intramolecular Hbond substituents is 1. The van der Waals surface area contributed by atoms with Crippen LogP contribution >= 0.6 is 0 Å². The van der Waals surface area contributed by atoms with Gasteiger partial charge in [0, 0.05) is 25.2 Å². The minimum Gasteiger partial charge on any atom is -0.507 e. The van der Waals surface area contributed by atoms with Crippen LogP contribution in [-0.2, 0) is 10.0 Å². The lowest BCUT2D eigenvalue weighted by atomic mass is 10.1. The van der Waals surface area contributed by atoms with Gasteiger partial charge in [-0.15, -0.1) is 16.6 Å². The van der Waals surface area contributed by atoms with Crippen LogP contribution in [0.25, 0.3) is 11.3 Å². The van der Waals surface area contributed by atoms with Crippen molar-refractivity contribution in [2.45, 2.75) is 6.04 Å². The third kappa shape index (κ3) is 3.42. The van der Waals surface area contributed by atoms with E-state index in [1.165, 1.54) is 4.31 Å². The quantitative estimate of drug-likeness (QED) is 0.754. The van der Waals surface area contributed by atoms with E-state index in [0.717, 1.165) is 6.26 Å². The summed E-state index contributed by atoms with van der Waals surface area (Å²) in [5.41, 5.74) is 7.59. The highest BCUT2D eigenvalue weighted by Gasteiger charge is 2.32. The third-order valence-electron chi connectivity index (χ3n) is 4.27. The normalized spacial score (nSPS) is 18.5. The predicted molar refractivity (Wildman–Crippen MR) is 99.9 cm³/mol. The zero-order valence-electron chi connectivity index (χ0n) is 14.2. The molecule has 0 saturated carbocycles. The van der Waals surface area contributed by atoms with Crippen molar-refractivity contribution in [3.05, 3.63) is 30.3 Å². The Labute approximate surface area is 152 Å². The molecule has 1 aliphatic rings. The largest absolute Gasteiger partial charge is 0.507 e. The van der Waals surface area contributed by atoms with Gasteiger partial charge in [-0.3, -0.25) is 0 Å². The van der Waals surface area contributed by atoms with Crippen molar-refractivity contribution in [3.8, 4) is 29.4 Å². The fourth-order valence-corrected chi connectivity index (χ4v) is 3.99. The second-order valence-electron chi connectivity index (χ2n) is 6.02. The van der Waals surface area contributed by atoms with E-state index in [1.807, 2.05) is 4.90 Å². The zero-order valence-corrected chi connectivity index (χ0v) is 15.0. The number of piperazine rings is 1. The molecule has 9 heteroatoms. The van der Waals surface area contributed by atoms with Gasteiger partial charge < -0.3 is 15.7 Å². The highest BCUT2D eigenvalue weighted by molar-refractivity contribution is 7.88. The van der Waals surface area contributed by atoms with E-state index >= 15 is 0 Å². The summed E-state index contributed by atoms with van der Waals surface area (Å²) in [5, 5.41) is 18.1. The zero-order chi connectivity index (χ0) is 18.9. The lowest BCUT2D eigenvalue weighted by molar-refractivity contribution is 0.340. The first-order valence-electron chi connectivity index (χ1n) is 7.90. The Balaban J connectivity index is 1.94. The number of hydrogen-bond acceptors (Lipinski definition) is 7. The Kier molecular flexibility index (Phi) is 4.71. The number of para-hydroxylation sites is 1. The number of aromatic hydroxyl groups is 1. The Hall–Kier alpha value is -2.83. The van der Waals surface area contributed by atoms with Gasteiger partial charge >= 0.3 is 0 Å². The number of sulfonamides is 1. The van der Waals surface area contributed by atoms with Gasteiger partial charge in [-0.25, -0.2) is 8.42 Å². The molecule has 0 unspecified atom stereocenters. The summed E-state index contributed by atoms with van der Waals surface area (Å²) in [4.78, 5) is 1.89. The number of hydrogen-bond donors (Lipinski definition) is 2.